The molecule has 1 rings (SSSR count). The molecule has 0 fully saturated rings. The zero-order valence-corrected chi connectivity index (χ0v) is 9.89. The molecule has 0 radical (unpaired) electrons. The van der Waals surface area contributed by atoms with Gasteiger partial charge in [-0.3, -0.25) is 0 Å². The Hall–Kier alpha value is -2.02. The molecule has 0 spiro atoms. The minimum Gasteiger partial charge on any atom is -0.494 e. The smallest absolute Gasteiger partial charge is 0.119 e. The second-order valence-corrected chi connectivity index (χ2v) is 3.77. The maximum Gasteiger partial charge on any atom is 0.119 e. The number of hydrogen-bond acceptors (Lipinski definition) is 4. The van der Waals surface area contributed by atoms with E-state index < -0.39 is 0 Å². The number of oxime groups is 1. The summed E-state index contributed by atoms with van der Waals surface area (Å²) in [6.07, 6.45) is 1.89. The van der Waals surface area contributed by atoms with Crippen molar-refractivity contribution in [3.63, 3.8) is 0 Å². The van der Waals surface area contributed by atoms with Gasteiger partial charge in [0.25, 0.3) is 0 Å². The SMILES string of the molecule is C/C(Cc1ccc(OCCCC#N)cc1)=N/O. The van der Waals surface area contributed by atoms with Crippen molar-refractivity contribution in [1.29, 1.82) is 5.26 Å². The second-order valence-electron chi connectivity index (χ2n) is 3.77. The summed E-state index contributed by atoms with van der Waals surface area (Å²) >= 11 is 0. The van der Waals surface area contributed by atoms with Gasteiger partial charge in [0.05, 0.1) is 18.4 Å². The highest BCUT2D eigenvalue weighted by Crippen LogP contribution is 2.13. The van der Waals surface area contributed by atoms with Crippen LogP contribution < -0.4 is 4.74 Å². The molecule has 1 N–H and O–H groups in total. The lowest BCUT2D eigenvalue weighted by atomic mass is 10.1. The molecule has 0 atom stereocenters. The van der Waals surface area contributed by atoms with E-state index >= 15 is 0 Å². The Kier molecular flexibility index (Phi) is 5.59. The largest absolute Gasteiger partial charge is 0.494 e. The van der Waals surface area contributed by atoms with Crippen LogP contribution in [0.15, 0.2) is 29.4 Å². The predicted molar refractivity (Wildman–Crippen MR) is 65.4 cm³/mol. The van der Waals surface area contributed by atoms with Crippen molar-refractivity contribution >= 4 is 5.71 Å². The van der Waals surface area contributed by atoms with Gasteiger partial charge in [-0.2, -0.15) is 5.26 Å². The first-order chi connectivity index (χ1) is 8.26. The van der Waals surface area contributed by atoms with E-state index in [2.05, 4.69) is 11.2 Å². The minimum absolute atomic E-state index is 0.518. The van der Waals surface area contributed by atoms with Crippen molar-refractivity contribution in [1.82, 2.24) is 0 Å². The van der Waals surface area contributed by atoms with E-state index in [9.17, 15) is 0 Å². The standard InChI is InChI=1S/C13H16N2O2/c1-11(15-16)10-12-4-6-13(7-5-12)17-9-3-2-8-14/h4-7,16H,2-3,9-10H2,1H3/b15-11-. The Morgan fingerprint density at radius 1 is 1.41 bits per heavy atom. The van der Waals surface area contributed by atoms with Gasteiger partial charge in [-0.05, 0) is 31.0 Å². The van der Waals surface area contributed by atoms with E-state index in [1.54, 1.807) is 6.92 Å². The van der Waals surface area contributed by atoms with Crippen LogP contribution in [0.1, 0.15) is 25.3 Å². The Morgan fingerprint density at radius 3 is 2.71 bits per heavy atom. The zero-order valence-electron chi connectivity index (χ0n) is 9.89. The van der Waals surface area contributed by atoms with Gasteiger partial charge in [0, 0.05) is 12.8 Å². The second kappa shape index (κ2) is 7.29. The van der Waals surface area contributed by atoms with Crippen molar-refractivity contribution < 1.29 is 9.94 Å². The summed E-state index contributed by atoms with van der Waals surface area (Å²) in [5.74, 6) is 0.797. The zero-order chi connectivity index (χ0) is 12.5. The van der Waals surface area contributed by atoms with Gasteiger partial charge in [0.2, 0.25) is 0 Å². The lowest BCUT2D eigenvalue weighted by Crippen LogP contribution is -1.99. The molecule has 1 aromatic rings. The molecular weight excluding hydrogens is 216 g/mol. The van der Waals surface area contributed by atoms with Crippen LogP contribution in [0.4, 0.5) is 0 Å². The number of ether oxygens (including phenoxy) is 1. The molecule has 0 aliphatic carbocycles. The molecule has 0 saturated heterocycles. The van der Waals surface area contributed by atoms with Crippen LogP contribution in [0.2, 0.25) is 0 Å². The fourth-order valence-electron chi connectivity index (χ4n) is 1.38. The van der Waals surface area contributed by atoms with Crippen LogP contribution in [0, 0.1) is 11.3 Å². The van der Waals surface area contributed by atoms with E-state index in [4.69, 9.17) is 15.2 Å². The summed E-state index contributed by atoms with van der Waals surface area (Å²) in [6.45, 7) is 2.33. The monoisotopic (exact) mass is 232 g/mol. The number of benzene rings is 1. The normalized spacial score (nSPS) is 10.9. The lowest BCUT2D eigenvalue weighted by Gasteiger charge is -2.05. The molecule has 1 aromatic carbocycles. The molecular formula is C13H16N2O2. The Balaban J connectivity index is 2.42. The summed E-state index contributed by atoms with van der Waals surface area (Å²) in [5.41, 5.74) is 1.75. The molecule has 4 heteroatoms. The third-order valence-electron chi connectivity index (χ3n) is 2.26. The van der Waals surface area contributed by atoms with Gasteiger partial charge in [0.15, 0.2) is 0 Å². The topological polar surface area (TPSA) is 65.6 Å². The van der Waals surface area contributed by atoms with Gasteiger partial charge < -0.3 is 9.94 Å². The predicted octanol–water partition coefficient (Wildman–Crippen LogP) is 2.76. The van der Waals surface area contributed by atoms with Gasteiger partial charge in [-0.25, -0.2) is 0 Å². The highest BCUT2D eigenvalue weighted by atomic mass is 16.5. The maximum absolute atomic E-state index is 8.55. The molecule has 0 bridgehead atoms. The molecule has 0 unspecified atom stereocenters. The van der Waals surface area contributed by atoms with Crippen LogP contribution in [-0.4, -0.2) is 17.5 Å². The average Bonchev–Trinajstić information content (AvgIpc) is 2.36. The van der Waals surface area contributed by atoms with Crippen LogP contribution in [0.3, 0.4) is 0 Å². The maximum atomic E-state index is 8.55. The van der Waals surface area contributed by atoms with Crippen molar-refractivity contribution in [2.45, 2.75) is 26.2 Å². The summed E-state index contributed by atoms with van der Waals surface area (Å²) in [5, 5.41) is 20.1. The average molecular weight is 232 g/mol. The number of nitriles is 1. The molecule has 90 valence electrons. The lowest BCUT2D eigenvalue weighted by molar-refractivity contribution is 0.312. The minimum atomic E-state index is 0.518. The van der Waals surface area contributed by atoms with E-state index in [1.165, 1.54) is 0 Å². The molecule has 0 saturated carbocycles. The Labute approximate surface area is 101 Å². The highest BCUT2D eigenvalue weighted by molar-refractivity contribution is 5.83. The van der Waals surface area contributed by atoms with E-state index in [0.29, 0.717) is 25.2 Å². The van der Waals surface area contributed by atoms with Gasteiger partial charge in [0.1, 0.15) is 5.75 Å². The number of unbranched alkanes of at least 4 members (excludes halogenated alkanes) is 1. The van der Waals surface area contributed by atoms with E-state index in [1.807, 2.05) is 24.3 Å². The number of nitrogens with zero attached hydrogens (tertiary/aromatic N) is 2. The Bertz CT molecular complexity index is 404. The van der Waals surface area contributed by atoms with Gasteiger partial charge in [-0.15, -0.1) is 0 Å². The van der Waals surface area contributed by atoms with E-state index in [-0.39, 0.29) is 0 Å². The molecule has 4 nitrogen and oxygen atoms in total. The third kappa shape index (κ3) is 5.03. The van der Waals surface area contributed by atoms with Crippen molar-refractivity contribution in [2.75, 3.05) is 6.61 Å². The molecule has 0 amide bonds. The summed E-state index contributed by atoms with van der Waals surface area (Å²) < 4.78 is 5.46. The van der Waals surface area contributed by atoms with E-state index in [0.717, 1.165) is 17.7 Å². The summed E-state index contributed by atoms with van der Waals surface area (Å²) in [4.78, 5) is 0. The fourth-order valence-corrected chi connectivity index (χ4v) is 1.38. The molecule has 0 heterocycles. The van der Waals surface area contributed by atoms with Crippen LogP contribution in [-0.2, 0) is 6.42 Å². The van der Waals surface area contributed by atoms with Crippen LogP contribution in [0.5, 0.6) is 5.75 Å². The number of rotatable bonds is 6. The molecule has 0 aliphatic heterocycles. The van der Waals surface area contributed by atoms with Crippen molar-refractivity contribution in [3.05, 3.63) is 29.8 Å². The van der Waals surface area contributed by atoms with Gasteiger partial charge in [-0.1, -0.05) is 17.3 Å². The first-order valence-electron chi connectivity index (χ1n) is 5.52. The molecule has 0 aliphatic rings. The quantitative estimate of drug-likeness (QED) is 0.355. The molecule has 17 heavy (non-hydrogen) atoms. The van der Waals surface area contributed by atoms with Crippen molar-refractivity contribution in [3.8, 4) is 11.8 Å². The highest BCUT2D eigenvalue weighted by Gasteiger charge is 1.98. The first-order valence-corrected chi connectivity index (χ1v) is 5.52. The van der Waals surface area contributed by atoms with Crippen LogP contribution >= 0.6 is 0 Å². The van der Waals surface area contributed by atoms with Crippen LogP contribution in [0.25, 0.3) is 0 Å². The van der Waals surface area contributed by atoms with Crippen molar-refractivity contribution in [2.24, 2.45) is 5.16 Å². The first kappa shape index (κ1) is 13.0. The number of hydrogen-bond donors (Lipinski definition) is 1. The summed E-state index contributed by atoms with van der Waals surface area (Å²) in [6, 6.07) is 9.71. The third-order valence-corrected chi connectivity index (χ3v) is 2.26. The Morgan fingerprint density at radius 2 is 2.12 bits per heavy atom. The summed E-state index contributed by atoms with van der Waals surface area (Å²) in [7, 11) is 0. The fraction of sp³-hybridized carbons (Fsp3) is 0.385. The van der Waals surface area contributed by atoms with Gasteiger partial charge >= 0.3 is 0 Å². The molecule has 0 aromatic heterocycles.